The van der Waals surface area contributed by atoms with E-state index in [1.54, 1.807) is 19.1 Å². The second kappa shape index (κ2) is 9.95. The summed E-state index contributed by atoms with van der Waals surface area (Å²) >= 11 is 12.6. The summed E-state index contributed by atoms with van der Waals surface area (Å²) < 4.78 is 26.1. The highest BCUT2D eigenvalue weighted by atomic mass is 35.5. The Kier molecular flexibility index (Phi) is 7.02. The van der Waals surface area contributed by atoms with Gasteiger partial charge in [-0.2, -0.15) is 0 Å². The van der Waals surface area contributed by atoms with Crippen molar-refractivity contribution in [1.29, 1.82) is 0 Å². The van der Waals surface area contributed by atoms with Crippen LogP contribution in [-0.4, -0.2) is 38.1 Å². The van der Waals surface area contributed by atoms with Gasteiger partial charge in [-0.1, -0.05) is 41.4 Å². The fraction of sp³-hybridized carbons (Fsp3) is 0.250. The van der Waals surface area contributed by atoms with E-state index in [9.17, 15) is 9.59 Å². The lowest BCUT2D eigenvalue weighted by atomic mass is 9.77. The topological polar surface area (TPSA) is 76.7 Å². The lowest BCUT2D eigenvalue weighted by Gasteiger charge is -2.34. The Morgan fingerprint density at radius 1 is 1.12 bits per heavy atom. The second-order valence-corrected chi connectivity index (χ2v) is 8.36. The first kappa shape index (κ1) is 23.3. The number of para-hydroxylation sites is 1. The molecule has 4 rings (SSSR count). The number of carbonyl (C=O) groups is 2. The molecule has 2 aliphatic heterocycles. The predicted octanol–water partition coefficient (Wildman–Crippen LogP) is 4.14. The van der Waals surface area contributed by atoms with Crippen molar-refractivity contribution in [3.63, 3.8) is 0 Å². The molecule has 0 fully saturated rings. The monoisotopic (exact) mass is 490 g/mol. The van der Waals surface area contributed by atoms with Gasteiger partial charge in [0, 0.05) is 29.1 Å². The minimum atomic E-state index is -1.05. The number of allylic oxidation sites excluding steroid dienone is 1. The third-order valence-electron chi connectivity index (χ3n) is 5.45. The number of nitrogens with one attached hydrogen (secondary N) is 2. The van der Waals surface area contributed by atoms with Crippen LogP contribution < -0.4 is 15.4 Å². The Labute approximate surface area is 200 Å². The molecule has 1 unspecified atom stereocenters. The Morgan fingerprint density at radius 3 is 2.64 bits per heavy atom. The molecule has 2 aliphatic rings. The molecule has 0 amide bonds. The van der Waals surface area contributed by atoms with Crippen LogP contribution >= 0.6 is 23.2 Å². The molecule has 0 bridgehead atoms. The van der Waals surface area contributed by atoms with Crippen molar-refractivity contribution in [3.8, 4) is 5.75 Å². The maximum Gasteiger partial charge on any atom is 0.336 e. The van der Waals surface area contributed by atoms with E-state index in [4.69, 9.17) is 32.7 Å². The Morgan fingerprint density at radius 2 is 1.88 bits per heavy atom. The first-order valence-electron chi connectivity index (χ1n) is 10.3. The number of hydrogen-bond donors (Lipinski definition) is 2. The molecule has 2 heterocycles. The second-order valence-electron chi connectivity index (χ2n) is 7.57. The van der Waals surface area contributed by atoms with Crippen LogP contribution in [0.2, 0.25) is 10.0 Å². The highest BCUT2D eigenvalue weighted by Crippen LogP contribution is 2.45. The van der Waals surface area contributed by atoms with Gasteiger partial charge in [-0.05, 0) is 31.2 Å². The average Bonchev–Trinajstić information content (AvgIpc) is 2.80. The molecule has 0 aromatic heterocycles. The molecule has 0 saturated carbocycles. The Bertz CT molecular complexity index is 1160. The molecule has 1 atom stereocenters. The lowest BCUT2D eigenvalue weighted by Crippen LogP contribution is -2.43. The Hall–Kier alpha value is -2.87. The number of carbonyl (C=O) groups excluding carboxylic acids is 2. The van der Waals surface area contributed by atoms with Crippen LogP contribution in [0.4, 0.5) is 4.39 Å². The Balaban J connectivity index is 1.64. The van der Waals surface area contributed by atoms with Gasteiger partial charge in [0.15, 0.2) is 5.78 Å². The average molecular weight is 491 g/mol. The van der Waals surface area contributed by atoms with Crippen molar-refractivity contribution in [1.82, 2.24) is 10.6 Å². The van der Waals surface area contributed by atoms with Crippen LogP contribution in [0, 0.1) is 5.82 Å². The zero-order chi connectivity index (χ0) is 23.5. The number of dihydropyridines is 1. The smallest absolute Gasteiger partial charge is 0.336 e. The molecule has 2 aromatic carbocycles. The van der Waals surface area contributed by atoms with Crippen LogP contribution in [-0.2, 0) is 14.3 Å². The molecule has 2 N–H and O–H groups in total. The highest BCUT2D eigenvalue weighted by Gasteiger charge is 2.41. The summed E-state index contributed by atoms with van der Waals surface area (Å²) in [6, 6.07) is 11.6. The van der Waals surface area contributed by atoms with Crippen molar-refractivity contribution in [3.05, 3.63) is 86.4 Å². The van der Waals surface area contributed by atoms with Gasteiger partial charge >= 0.3 is 5.97 Å². The lowest BCUT2D eigenvalue weighted by molar-refractivity contribution is -0.140. The number of halogens is 3. The van der Waals surface area contributed by atoms with E-state index in [0.29, 0.717) is 23.7 Å². The summed E-state index contributed by atoms with van der Waals surface area (Å²) in [6.45, 7) is 2.18. The molecule has 6 nitrogen and oxygen atoms in total. The SMILES string of the molecule is CC1=C(C(=O)OCCOc2ccccc2)C(c2c(F)ccc(Cl)c2Cl)C2=C(CNCC2=O)N1. The van der Waals surface area contributed by atoms with Gasteiger partial charge in [-0.15, -0.1) is 0 Å². The summed E-state index contributed by atoms with van der Waals surface area (Å²) in [6.07, 6.45) is 0. The van der Waals surface area contributed by atoms with Crippen LogP contribution in [0.3, 0.4) is 0 Å². The quantitative estimate of drug-likeness (QED) is 0.360. The molecule has 172 valence electrons. The maximum atomic E-state index is 15.1. The first-order valence-corrected chi connectivity index (χ1v) is 11.1. The molecule has 0 spiro atoms. The van der Waals surface area contributed by atoms with Gasteiger partial charge in [0.05, 0.1) is 28.1 Å². The van der Waals surface area contributed by atoms with E-state index >= 15 is 4.39 Å². The summed E-state index contributed by atoms with van der Waals surface area (Å²) in [4.78, 5) is 26.0. The number of ketones is 1. The van der Waals surface area contributed by atoms with Gasteiger partial charge in [0.2, 0.25) is 0 Å². The van der Waals surface area contributed by atoms with Gasteiger partial charge in [-0.25, -0.2) is 9.18 Å². The zero-order valence-electron chi connectivity index (χ0n) is 17.7. The predicted molar refractivity (Wildman–Crippen MR) is 123 cm³/mol. The van der Waals surface area contributed by atoms with Crippen molar-refractivity contribution < 1.29 is 23.5 Å². The van der Waals surface area contributed by atoms with Gasteiger partial charge < -0.3 is 20.1 Å². The van der Waals surface area contributed by atoms with Gasteiger partial charge in [0.1, 0.15) is 24.8 Å². The van der Waals surface area contributed by atoms with E-state index in [2.05, 4.69) is 10.6 Å². The summed E-state index contributed by atoms with van der Waals surface area (Å²) in [5.41, 5.74) is 1.36. The molecule has 2 aromatic rings. The van der Waals surface area contributed by atoms with E-state index < -0.39 is 17.7 Å². The van der Waals surface area contributed by atoms with Crippen molar-refractivity contribution in [2.45, 2.75) is 12.8 Å². The van der Waals surface area contributed by atoms with Crippen LogP contribution in [0.5, 0.6) is 5.75 Å². The van der Waals surface area contributed by atoms with E-state index in [-0.39, 0.29) is 52.3 Å². The van der Waals surface area contributed by atoms with Crippen molar-refractivity contribution >= 4 is 35.0 Å². The summed E-state index contributed by atoms with van der Waals surface area (Å²) in [5.74, 6) is -2.04. The van der Waals surface area contributed by atoms with Crippen molar-refractivity contribution in [2.75, 3.05) is 26.3 Å². The van der Waals surface area contributed by atoms with Gasteiger partial charge in [-0.3, -0.25) is 4.79 Å². The third kappa shape index (κ3) is 4.76. The number of ether oxygens (including phenoxy) is 2. The standard InChI is InChI=1S/C24H21Cl2FN2O4/c1-13-19(24(31)33-10-9-32-14-5-3-2-4-6-14)22(20-16(27)8-7-15(25)23(20)26)21-17(29-13)11-28-12-18(21)30/h2-8,22,28-29H,9-12H2,1H3. The number of hydrogen-bond acceptors (Lipinski definition) is 6. The summed E-state index contributed by atoms with van der Waals surface area (Å²) in [7, 11) is 0. The number of Topliss-reactive ketones (excluding diaryl/α,β-unsaturated/α-hetero) is 1. The van der Waals surface area contributed by atoms with Crippen LogP contribution in [0.15, 0.2) is 65.0 Å². The van der Waals surface area contributed by atoms with Crippen molar-refractivity contribution in [2.24, 2.45) is 0 Å². The number of rotatable bonds is 6. The highest BCUT2D eigenvalue weighted by molar-refractivity contribution is 6.42. The van der Waals surface area contributed by atoms with Gasteiger partial charge in [0.25, 0.3) is 0 Å². The largest absolute Gasteiger partial charge is 0.490 e. The number of esters is 1. The molecule has 33 heavy (non-hydrogen) atoms. The fourth-order valence-electron chi connectivity index (χ4n) is 4.02. The van der Waals surface area contributed by atoms with E-state index in [1.807, 2.05) is 18.2 Å². The van der Waals surface area contributed by atoms with E-state index in [1.165, 1.54) is 12.1 Å². The third-order valence-corrected chi connectivity index (χ3v) is 6.27. The maximum absolute atomic E-state index is 15.1. The molecule has 0 radical (unpaired) electrons. The fourth-order valence-corrected chi connectivity index (χ4v) is 4.44. The van der Waals surface area contributed by atoms with E-state index in [0.717, 1.165) is 0 Å². The molecular formula is C24H21Cl2FN2O4. The first-order chi connectivity index (χ1) is 15.9. The molecule has 0 aliphatic carbocycles. The minimum absolute atomic E-state index is 0.0275. The molecule has 0 saturated heterocycles. The molecule has 9 heteroatoms. The molecular weight excluding hydrogens is 470 g/mol. The number of benzene rings is 2. The van der Waals surface area contributed by atoms with Crippen LogP contribution in [0.25, 0.3) is 0 Å². The normalized spacial score (nSPS) is 18.1. The van der Waals surface area contributed by atoms with Crippen LogP contribution in [0.1, 0.15) is 18.4 Å². The summed E-state index contributed by atoms with van der Waals surface area (Å²) in [5, 5.41) is 6.16. The zero-order valence-corrected chi connectivity index (χ0v) is 19.2. The minimum Gasteiger partial charge on any atom is -0.490 e.